The van der Waals surface area contributed by atoms with Crippen LogP contribution in [0.5, 0.6) is 0 Å². The highest BCUT2D eigenvalue weighted by Gasteiger charge is 2.12. The summed E-state index contributed by atoms with van der Waals surface area (Å²) >= 11 is 1.95. The molecule has 108 valence electrons. The third kappa shape index (κ3) is 3.94. The molecular weight excluding hydrogens is 262 g/mol. The van der Waals surface area contributed by atoms with Crippen LogP contribution in [0.1, 0.15) is 47.7 Å². The Morgan fingerprint density at radius 3 is 2.15 bits per heavy atom. The molecule has 0 radical (unpaired) electrons. The molecule has 0 aliphatic carbocycles. The van der Waals surface area contributed by atoms with E-state index in [1.165, 1.54) is 20.9 Å². The lowest BCUT2D eigenvalue weighted by molar-refractivity contribution is 0.553. The lowest BCUT2D eigenvalue weighted by Crippen LogP contribution is -2.22. The maximum absolute atomic E-state index is 3.62. The number of hydrogen-bond acceptors (Lipinski definition) is 2. The van der Waals surface area contributed by atoms with Gasteiger partial charge in [0.15, 0.2) is 0 Å². The molecule has 0 bridgehead atoms. The minimum atomic E-state index is 0.425. The van der Waals surface area contributed by atoms with Crippen LogP contribution in [0.15, 0.2) is 36.4 Å². The molecule has 2 heteroatoms. The quantitative estimate of drug-likeness (QED) is 0.773. The zero-order valence-electron chi connectivity index (χ0n) is 12.8. The van der Waals surface area contributed by atoms with Gasteiger partial charge in [0.1, 0.15) is 0 Å². The highest BCUT2D eigenvalue weighted by atomic mass is 32.1. The van der Waals surface area contributed by atoms with Crippen LogP contribution in [0.25, 0.3) is 0 Å². The smallest absolute Gasteiger partial charge is 0.0368 e. The first-order valence-electron chi connectivity index (χ1n) is 7.66. The fourth-order valence-electron chi connectivity index (χ4n) is 2.46. The summed E-state index contributed by atoms with van der Waals surface area (Å²) in [7, 11) is 0. The van der Waals surface area contributed by atoms with Crippen LogP contribution in [0.4, 0.5) is 0 Å². The van der Waals surface area contributed by atoms with Gasteiger partial charge in [-0.3, -0.25) is 0 Å². The average Bonchev–Trinajstić information content (AvgIpc) is 2.95. The van der Waals surface area contributed by atoms with Gasteiger partial charge in [-0.2, -0.15) is 0 Å². The summed E-state index contributed by atoms with van der Waals surface area (Å²) in [5.41, 5.74) is 2.81. The summed E-state index contributed by atoms with van der Waals surface area (Å²) < 4.78 is 0. The van der Waals surface area contributed by atoms with Crippen molar-refractivity contribution in [2.75, 3.05) is 6.54 Å². The number of rotatable bonds is 7. The van der Waals surface area contributed by atoms with Crippen LogP contribution in [0.2, 0.25) is 0 Å². The van der Waals surface area contributed by atoms with Crippen LogP contribution in [0, 0.1) is 0 Å². The standard InChI is InChI=1S/C18H25NS/c1-4-14-7-9-15(10-8-14)18(19-6-3)13-17-12-11-16(5-2)20-17/h7-12,18-19H,4-6,13H2,1-3H3. The van der Waals surface area contributed by atoms with Crippen molar-refractivity contribution < 1.29 is 0 Å². The Morgan fingerprint density at radius 1 is 0.900 bits per heavy atom. The highest BCUT2D eigenvalue weighted by molar-refractivity contribution is 7.11. The van der Waals surface area contributed by atoms with E-state index in [4.69, 9.17) is 0 Å². The Morgan fingerprint density at radius 2 is 1.60 bits per heavy atom. The summed E-state index contributed by atoms with van der Waals surface area (Å²) in [6, 6.07) is 14.0. The summed E-state index contributed by atoms with van der Waals surface area (Å²) in [6.45, 7) is 7.61. The first kappa shape index (κ1) is 15.3. The number of benzene rings is 1. The molecule has 1 N–H and O–H groups in total. The van der Waals surface area contributed by atoms with Crippen LogP contribution in [-0.4, -0.2) is 6.54 Å². The summed E-state index contributed by atoms with van der Waals surface area (Å²) in [5, 5.41) is 3.62. The first-order valence-corrected chi connectivity index (χ1v) is 8.48. The van der Waals surface area contributed by atoms with Crippen molar-refractivity contribution in [2.24, 2.45) is 0 Å². The molecule has 0 amide bonds. The fourth-order valence-corrected chi connectivity index (χ4v) is 3.47. The monoisotopic (exact) mass is 287 g/mol. The summed E-state index contributed by atoms with van der Waals surface area (Å²) in [6.07, 6.45) is 3.34. The van der Waals surface area contributed by atoms with Gasteiger partial charge in [-0.15, -0.1) is 11.3 Å². The Hall–Kier alpha value is -1.12. The molecule has 1 heterocycles. The third-order valence-electron chi connectivity index (χ3n) is 3.71. The number of aryl methyl sites for hydroxylation is 2. The fraction of sp³-hybridized carbons (Fsp3) is 0.444. The minimum absolute atomic E-state index is 0.425. The summed E-state index contributed by atoms with van der Waals surface area (Å²) in [4.78, 5) is 2.96. The van der Waals surface area contributed by atoms with Crippen molar-refractivity contribution in [3.63, 3.8) is 0 Å². The molecule has 0 saturated carbocycles. The predicted octanol–water partition coefficient (Wildman–Crippen LogP) is 4.77. The maximum Gasteiger partial charge on any atom is 0.0368 e. The molecule has 0 fully saturated rings. The van der Waals surface area contributed by atoms with Crippen molar-refractivity contribution in [2.45, 2.75) is 46.1 Å². The minimum Gasteiger partial charge on any atom is -0.310 e. The first-order chi connectivity index (χ1) is 9.76. The van der Waals surface area contributed by atoms with Crippen LogP contribution in [0.3, 0.4) is 0 Å². The van der Waals surface area contributed by atoms with E-state index in [9.17, 15) is 0 Å². The largest absolute Gasteiger partial charge is 0.310 e. The summed E-state index contributed by atoms with van der Waals surface area (Å²) in [5.74, 6) is 0. The lowest BCUT2D eigenvalue weighted by Gasteiger charge is -2.18. The Balaban J connectivity index is 2.12. The zero-order chi connectivity index (χ0) is 14.4. The van der Waals surface area contributed by atoms with E-state index >= 15 is 0 Å². The molecule has 20 heavy (non-hydrogen) atoms. The normalized spacial score (nSPS) is 12.6. The Labute approximate surface area is 127 Å². The van der Waals surface area contributed by atoms with Crippen LogP contribution < -0.4 is 5.32 Å². The van der Waals surface area contributed by atoms with Crippen molar-refractivity contribution in [1.82, 2.24) is 5.32 Å². The number of nitrogens with one attached hydrogen (secondary N) is 1. The van der Waals surface area contributed by atoms with Gasteiger partial charge >= 0.3 is 0 Å². The van der Waals surface area contributed by atoms with E-state index in [0.29, 0.717) is 6.04 Å². The van der Waals surface area contributed by atoms with Gasteiger partial charge < -0.3 is 5.32 Å². The Kier molecular flexibility index (Phi) is 5.81. The van der Waals surface area contributed by atoms with Crippen molar-refractivity contribution in [3.05, 3.63) is 57.3 Å². The second kappa shape index (κ2) is 7.61. The van der Waals surface area contributed by atoms with Gasteiger partial charge in [0.25, 0.3) is 0 Å². The Bertz CT molecular complexity index is 512. The van der Waals surface area contributed by atoms with Gasteiger partial charge in [-0.25, -0.2) is 0 Å². The molecule has 1 aromatic heterocycles. The van der Waals surface area contributed by atoms with Crippen LogP contribution >= 0.6 is 11.3 Å². The molecule has 0 spiro atoms. The van der Waals surface area contributed by atoms with Gasteiger partial charge in [0.05, 0.1) is 0 Å². The molecule has 1 atom stereocenters. The highest BCUT2D eigenvalue weighted by Crippen LogP contribution is 2.24. The molecule has 1 nitrogen and oxygen atoms in total. The number of likely N-dealkylation sites (N-methyl/N-ethyl adjacent to an activating group) is 1. The molecule has 0 saturated heterocycles. The number of hydrogen-bond donors (Lipinski definition) is 1. The van der Waals surface area contributed by atoms with E-state index in [2.05, 4.69) is 62.5 Å². The van der Waals surface area contributed by atoms with Crippen molar-refractivity contribution >= 4 is 11.3 Å². The van der Waals surface area contributed by atoms with Gasteiger partial charge in [0.2, 0.25) is 0 Å². The predicted molar refractivity (Wildman–Crippen MR) is 89.6 cm³/mol. The van der Waals surface area contributed by atoms with E-state index in [0.717, 1.165) is 25.8 Å². The molecule has 0 aliphatic rings. The maximum atomic E-state index is 3.62. The second-order valence-corrected chi connectivity index (χ2v) is 6.38. The van der Waals surface area contributed by atoms with Gasteiger partial charge in [0, 0.05) is 22.2 Å². The van der Waals surface area contributed by atoms with Gasteiger partial charge in [-0.1, -0.05) is 45.0 Å². The van der Waals surface area contributed by atoms with E-state index in [1.54, 1.807) is 0 Å². The average molecular weight is 287 g/mol. The second-order valence-electron chi connectivity index (χ2n) is 5.13. The van der Waals surface area contributed by atoms with E-state index in [-0.39, 0.29) is 0 Å². The topological polar surface area (TPSA) is 12.0 Å². The molecule has 0 aliphatic heterocycles. The van der Waals surface area contributed by atoms with Crippen molar-refractivity contribution in [1.29, 1.82) is 0 Å². The molecule has 1 aromatic carbocycles. The SMILES string of the molecule is CCNC(Cc1ccc(CC)s1)c1ccc(CC)cc1. The lowest BCUT2D eigenvalue weighted by atomic mass is 10.0. The molecular formula is C18H25NS. The molecule has 2 aromatic rings. The van der Waals surface area contributed by atoms with E-state index in [1.807, 2.05) is 11.3 Å². The van der Waals surface area contributed by atoms with E-state index < -0.39 is 0 Å². The molecule has 2 rings (SSSR count). The van der Waals surface area contributed by atoms with Crippen LogP contribution in [-0.2, 0) is 19.3 Å². The van der Waals surface area contributed by atoms with Crippen molar-refractivity contribution in [3.8, 4) is 0 Å². The number of thiophene rings is 1. The molecule has 1 unspecified atom stereocenters. The zero-order valence-corrected chi connectivity index (χ0v) is 13.6. The third-order valence-corrected chi connectivity index (χ3v) is 4.96. The van der Waals surface area contributed by atoms with Gasteiger partial charge in [-0.05, 0) is 42.6 Å².